The van der Waals surface area contributed by atoms with E-state index in [4.69, 9.17) is 18.6 Å². The van der Waals surface area contributed by atoms with Gasteiger partial charge in [0.2, 0.25) is 0 Å². The number of rotatable bonds is 13. The van der Waals surface area contributed by atoms with E-state index in [0.29, 0.717) is 30.8 Å². The largest absolute Gasteiger partial charge is 0.481 e. The van der Waals surface area contributed by atoms with Gasteiger partial charge in [-0.25, -0.2) is 0 Å². The topological polar surface area (TPSA) is 74.2 Å². The van der Waals surface area contributed by atoms with Crippen molar-refractivity contribution < 1.29 is 28.5 Å². The number of allylic oxidation sites excluding steroid dienone is 1. The first kappa shape index (κ1) is 28.8. The summed E-state index contributed by atoms with van der Waals surface area (Å²) in [6.07, 6.45) is 10.7. The second-order valence-corrected chi connectivity index (χ2v) is 16.2. The molecule has 0 aromatic rings. The zero-order valence-corrected chi connectivity index (χ0v) is 23.8. The van der Waals surface area contributed by atoms with E-state index < -0.39 is 14.3 Å². The summed E-state index contributed by atoms with van der Waals surface area (Å²) in [5.41, 5.74) is 1.25. The Hall–Kier alpha value is -0.733. The molecular formula is C28H50O6Si. The molecule has 0 spiro atoms. The summed E-state index contributed by atoms with van der Waals surface area (Å²) in [6, 6.07) is 1.16. The number of carbonyl (C=O) groups is 1. The fraction of sp³-hybridized carbons (Fsp3) is 0.893. The third kappa shape index (κ3) is 8.95. The van der Waals surface area contributed by atoms with Crippen LogP contribution in [0.15, 0.2) is 11.6 Å². The molecule has 3 aliphatic rings. The van der Waals surface area contributed by atoms with E-state index in [1.54, 1.807) is 0 Å². The lowest BCUT2D eigenvalue weighted by molar-refractivity contribution is -0.198. The molecule has 3 rings (SSSR count). The molecule has 1 saturated heterocycles. The van der Waals surface area contributed by atoms with Crippen LogP contribution >= 0.6 is 0 Å². The minimum Gasteiger partial charge on any atom is -0.481 e. The van der Waals surface area contributed by atoms with E-state index in [1.807, 2.05) is 0 Å². The van der Waals surface area contributed by atoms with E-state index in [9.17, 15) is 9.90 Å². The molecule has 2 heterocycles. The zero-order valence-electron chi connectivity index (χ0n) is 22.8. The van der Waals surface area contributed by atoms with Crippen LogP contribution in [0.2, 0.25) is 19.1 Å². The summed E-state index contributed by atoms with van der Waals surface area (Å²) >= 11 is 0. The van der Waals surface area contributed by atoms with Gasteiger partial charge in [0.15, 0.2) is 14.6 Å². The molecule has 2 unspecified atom stereocenters. The average Bonchev–Trinajstić information content (AvgIpc) is 2.98. The lowest BCUT2D eigenvalue weighted by Crippen LogP contribution is -2.39. The summed E-state index contributed by atoms with van der Waals surface area (Å²) < 4.78 is 25.6. The highest BCUT2D eigenvalue weighted by Gasteiger charge is 2.46. The molecule has 2 fully saturated rings. The van der Waals surface area contributed by atoms with Crippen LogP contribution in [0.1, 0.15) is 78.6 Å². The molecule has 0 bridgehead atoms. The predicted octanol–water partition coefficient (Wildman–Crippen LogP) is 6.41. The second-order valence-electron chi connectivity index (χ2n) is 12.0. The Kier molecular flexibility index (Phi) is 11.3. The minimum atomic E-state index is -1.74. The molecule has 0 amide bonds. The molecule has 2 aliphatic heterocycles. The van der Waals surface area contributed by atoms with Crippen molar-refractivity contribution in [3.05, 3.63) is 11.6 Å². The Balaban J connectivity index is 1.65. The Labute approximate surface area is 214 Å². The first-order valence-corrected chi connectivity index (χ1v) is 17.2. The van der Waals surface area contributed by atoms with Crippen LogP contribution in [0, 0.1) is 23.7 Å². The van der Waals surface area contributed by atoms with E-state index in [2.05, 4.69) is 39.9 Å². The zero-order chi connectivity index (χ0) is 25.4. The maximum absolute atomic E-state index is 11.6. The van der Waals surface area contributed by atoms with Gasteiger partial charge in [0, 0.05) is 25.6 Å². The van der Waals surface area contributed by atoms with Crippen molar-refractivity contribution in [3.8, 4) is 0 Å². The van der Waals surface area contributed by atoms with Gasteiger partial charge < -0.3 is 23.7 Å². The van der Waals surface area contributed by atoms with Crippen molar-refractivity contribution in [2.75, 3.05) is 19.8 Å². The smallest absolute Gasteiger partial charge is 0.306 e. The lowest BCUT2D eigenvalue weighted by Gasteiger charge is -2.33. The molecule has 6 atom stereocenters. The molecule has 0 aromatic carbocycles. The SMILES string of the molecule is CCCC(CCC1=CC[C@@H]2[C@@H](CO[Si](C)(C)CC(C)C)[C@H](OC3CCCCO3)C[C@@H]2OC1)C(=O)O. The van der Waals surface area contributed by atoms with Gasteiger partial charge in [0.1, 0.15) is 0 Å². The summed E-state index contributed by atoms with van der Waals surface area (Å²) in [5, 5.41) is 9.51. The predicted molar refractivity (Wildman–Crippen MR) is 141 cm³/mol. The number of carboxylic acid groups (broad SMARTS) is 1. The molecule has 6 nitrogen and oxygen atoms in total. The van der Waals surface area contributed by atoms with E-state index in [0.717, 1.165) is 70.6 Å². The van der Waals surface area contributed by atoms with Crippen molar-refractivity contribution in [1.29, 1.82) is 0 Å². The number of aliphatic carboxylic acids is 1. The van der Waals surface area contributed by atoms with Gasteiger partial charge >= 0.3 is 5.97 Å². The van der Waals surface area contributed by atoms with Gasteiger partial charge in [0.25, 0.3) is 0 Å². The molecule has 1 aliphatic carbocycles. The normalized spacial score (nSPS) is 30.6. The van der Waals surface area contributed by atoms with E-state index >= 15 is 0 Å². The van der Waals surface area contributed by atoms with Crippen LogP contribution in [-0.2, 0) is 23.4 Å². The van der Waals surface area contributed by atoms with E-state index in [-0.39, 0.29) is 24.4 Å². The number of hydrogen-bond donors (Lipinski definition) is 1. The van der Waals surface area contributed by atoms with Crippen LogP contribution in [0.4, 0.5) is 0 Å². The molecule has 202 valence electrons. The Morgan fingerprint density at radius 2 is 2.03 bits per heavy atom. The van der Waals surface area contributed by atoms with E-state index in [1.165, 1.54) is 5.57 Å². The van der Waals surface area contributed by atoms with Crippen molar-refractivity contribution in [2.45, 2.75) is 116 Å². The monoisotopic (exact) mass is 510 g/mol. The van der Waals surface area contributed by atoms with Crippen molar-refractivity contribution >= 4 is 14.3 Å². The number of carboxylic acids is 1. The van der Waals surface area contributed by atoms with Gasteiger partial charge in [-0.3, -0.25) is 4.79 Å². The van der Waals surface area contributed by atoms with Gasteiger partial charge in [-0.15, -0.1) is 0 Å². The summed E-state index contributed by atoms with van der Waals surface area (Å²) in [6.45, 7) is 13.4. The Morgan fingerprint density at radius 1 is 1.23 bits per heavy atom. The summed E-state index contributed by atoms with van der Waals surface area (Å²) in [5.74, 6) is 0.382. The molecule has 0 radical (unpaired) electrons. The van der Waals surface area contributed by atoms with Crippen molar-refractivity contribution in [1.82, 2.24) is 0 Å². The number of hydrogen-bond acceptors (Lipinski definition) is 5. The Bertz CT molecular complexity index is 687. The van der Waals surface area contributed by atoms with Gasteiger partial charge in [-0.1, -0.05) is 33.3 Å². The van der Waals surface area contributed by atoms with Crippen molar-refractivity contribution in [3.63, 3.8) is 0 Å². The van der Waals surface area contributed by atoms with Crippen LogP contribution in [-0.4, -0.2) is 57.7 Å². The quantitative estimate of drug-likeness (QED) is 0.228. The third-order valence-electron chi connectivity index (χ3n) is 7.96. The highest BCUT2D eigenvalue weighted by atomic mass is 28.4. The first-order valence-electron chi connectivity index (χ1n) is 14.1. The summed E-state index contributed by atoms with van der Waals surface area (Å²) in [7, 11) is -1.74. The lowest BCUT2D eigenvalue weighted by atomic mass is 9.90. The highest BCUT2D eigenvalue weighted by Crippen LogP contribution is 2.42. The molecule has 35 heavy (non-hydrogen) atoms. The molecule has 7 heteroatoms. The molecule has 1 N–H and O–H groups in total. The van der Waals surface area contributed by atoms with Gasteiger partial charge in [-0.2, -0.15) is 0 Å². The van der Waals surface area contributed by atoms with Crippen LogP contribution < -0.4 is 0 Å². The maximum Gasteiger partial charge on any atom is 0.306 e. The molecular weight excluding hydrogens is 460 g/mol. The Morgan fingerprint density at radius 3 is 2.69 bits per heavy atom. The maximum atomic E-state index is 11.6. The van der Waals surface area contributed by atoms with Crippen LogP contribution in [0.5, 0.6) is 0 Å². The molecule has 0 aromatic heterocycles. The van der Waals surface area contributed by atoms with Crippen LogP contribution in [0.25, 0.3) is 0 Å². The number of ether oxygens (including phenoxy) is 3. The van der Waals surface area contributed by atoms with Crippen LogP contribution in [0.3, 0.4) is 0 Å². The third-order valence-corrected chi connectivity index (χ3v) is 10.7. The van der Waals surface area contributed by atoms with Gasteiger partial charge in [0.05, 0.1) is 24.7 Å². The highest BCUT2D eigenvalue weighted by molar-refractivity contribution is 6.71. The fourth-order valence-electron chi connectivity index (χ4n) is 6.26. The molecule has 1 saturated carbocycles. The second kappa shape index (κ2) is 13.7. The average molecular weight is 511 g/mol. The van der Waals surface area contributed by atoms with Gasteiger partial charge in [-0.05, 0) is 81.5 Å². The summed E-state index contributed by atoms with van der Waals surface area (Å²) in [4.78, 5) is 11.6. The standard InChI is InChI=1S/C28H50O6Si/c1-6-9-22(28(29)30)13-11-21-12-14-23-24(18-33-35(4,5)19-20(2)3)26(16-25(23)32-17-21)34-27-10-7-8-15-31-27/h12,20,22-27H,6-11,13-19H2,1-5H3,(H,29,30)/t22?,23-,24-,25+,26-,27?/m1/s1. The minimum absolute atomic E-state index is 0.0999. The first-order chi connectivity index (χ1) is 16.7. The number of fused-ring (bicyclic) bond motifs is 1. The fourth-order valence-corrected chi connectivity index (χ4v) is 8.99. The van der Waals surface area contributed by atoms with Crippen molar-refractivity contribution in [2.24, 2.45) is 23.7 Å².